The number of ether oxygens (including phenoxy) is 3. The summed E-state index contributed by atoms with van der Waals surface area (Å²) in [6.45, 7) is -0.0856. The summed E-state index contributed by atoms with van der Waals surface area (Å²) in [5.41, 5.74) is 28.8. The average Bonchev–Trinajstić information content (AvgIpc) is 1.66. The number of unbranched alkanes of at least 4 members (excludes halogenated alkanes) is 2. The Hall–Kier alpha value is -13.7. The monoisotopic (exact) mass is 2100 g/mol. The number of nitrogens with zero attached hydrogens (tertiary/aromatic N) is 8. The summed E-state index contributed by atoms with van der Waals surface area (Å²) in [5.74, 6) is -17.6. The molecule has 1 unspecified atom stereocenters. The zero-order chi connectivity index (χ0) is 108. The van der Waals surface area contributed by atoms with Gasteiger partial charge in [-0.3, -0.25) is 106 Å². The van der Waals surface area contributed by atoms with E-state index in [1.54, 1.807) is 0 Å². The van der Waals surface area contributed by atoms with Gasteiger partial charge in [-0.15, -0.1) is 10.2 Å². The van der Waals surface area contributed by atoms with Gasteiger partial charge in [-0.1, -0.05) is 16.8 Å². The average molecular weight is 2110 g/mol. The minimum Gasteiger partial charge on any atom is -0.394 e. The summed E-state index contributed by atoms with van der Waals surface area (Å²) in [6, 6.07) is -18.9. The molecule has 3 saturated heterocycles. The molecule has 3 aromatic rings. The van der Waals surface area contributed by atoms with Crippen LogP contribution < -0.4 is 119 Å². The SMILES string of the molecule is CC(O)[C@@H]1NC(=O)[C@H](C)NC(=O)[C@H](CCCNC(=N)N)NC(=O)[C@H](CCCNC(=N)N)NC(=O)[C@@H](CC(=O)COCCOCCOCCCC(=O)CCCC[C@H]2SC[C@H]3NC(=O)N[C@H]32)Cc2cn(nn2)CCCC[C@@H](C(=O)NCC(=O)N[C@H]2Cc3cn(nn3)CCCC[C@@H](C(N)=O)NC(=O)[C@@H]3CCCN3C(=O)CNC(=O)[C@H](Cc3c[nH]cn3)NC(=O)[C@H](CCCCN)NC(=O)[C@H](CCC(N)=O)NC2=O)NC(=O)[C@H](CO)NC1=O. The summed E-state index contributed by atoms with van der Waals surface area (Å²) in [4.78, 5) is 274. The van der Waals surface area contributed by atoms with E-state index in [-0.39, 0.29) is 203 Å². The Bertz CT molecular complexity index is 4970. The number of amides is 18. The molecule has 820 valence electrons. The number of rotatable bonds is 43. The number of nitrogens with one attached hydrogen (secondary N) is 20. The summed E-state index contributed by atoms with van der Waals surface area (Å²) in [5, 5.41) is 98.3. The van der Waals surface area contributed by atoms with Gasteiger partial charge in [0.15, 0.2) is 17.7 Å². The number of nitrogens with two attached hydrogens (primary N) is 5. The number of carbonyl (C=O) groups excluding carboxylic acids is 19. The number of thioether (sulfide) groups is 1. The van der Waals surface area contributed by atoms with Crippen LogP contribution in [0.15, 0.2) is 24.9 Å². The van der Waals surface area contributed by atoms with E-state index in [1.807, 2.05) is 11.8 Å². The van der Waals surface area contributed by atoms with E-state index in [1.165, 1.54) is 46.1 Å². The lowest BCUT2D eigenvalue weighted by atomic mass is 9.95. The van der Waals surface area contributed by atoms with Crippen molar-refractivity contribution in [1.82, 2.24) is 135 Å². The lowest BCUT2D eigenvalue weighted by Gasteiger charge is -2.27. The Labute approximate surface area is 857 Å². The molecule has 0 saturated carbocycles. The number of guanidine groups is 2. The first kappa shape index (κ1) is 119. The summed E-state index contributed by atoms with van der Waals surface area (Å²) >= 11 is 1.83. The van der Waals surface area contributed by atoms with Gasteiger partial charge in [0.1, 0.15) is 84.9 Å². The van der Waals surface area contributed by atoms with Crippen molar-refractivity contribution < 1.29 is 116 Å². The van der Waals surface area contributed by atoms with Crippen molar-refractivity contribution in [2.24, 2.45) is 34.6 Å². The van der Waals surface area contributed by atoms with Crippen LogP contribution in [0.2, 0.25) is 0 Å². The second-order valence-electron chi connectivity index (χ2n) is 36.9. The highest BCUT2D eigenvalue weighted by atomic mass is 32.2. The van der Waals surface area contributed by atoms with Crippen LogP contribution in [0.5, 0.6) is 0 Å². The topological polar surface area (TPSA) is 868 Å². The molecule has 4 bridgehead atoms. The number of Topliss-reactive ketones (excluding diaryl/α,β-unsaturated/α-hetero) is 2. The number of H-pyrrole nitrogens is 1. The van der Waals surface area contributed by atoms with E-state index in [4.69, 9.17) is 53.7 Å². The van der Waals surface area contributed by atoms with Crippen LogP contribution in [0.1, 0.15) is 185 Å². The van der Waals surface area contributed by atoms with E-state index in [0.29, 0.717) is 44.0 Å². The molecule has 57 nitrogen and oxygen atoms in total. The number of primary amides is 2. The highest BCUT2D eigenvalue weighted by molar-refractivity contribution is 8.00. The van der Waals surface area contributed by atoms with Crippen LogP contribution in [0.3, 0.4) is 0 Å². The normalized spacial score (nSPS) is 24.7. The molecule has 5 aliphatic heterocycles. The Morgan fingerprint density at radius 1 is 0.547 bits per heavy atom. The maximum Gasteiger partial charge on any atom is 0.315 e. The van der Waals surface area contributed by atoms with Gasteiger partial charge >= 0.3 is 6.03 Å². The number of ketones is 2. The largest absolute Gasteiger partial charge is 0.394 e. The molecule has 58 heteroatoms. The van der Waals surface area contributed by atoms with E-state index in [2.05, 4.69) is 121 Å². The van der Waals surface area contributed by atoms with Gasteiger partial charge in [-0.25, -0.2) is 9.78 Å². The molecule has 18 amide bonds. The maximum atomic E-state index is 15.0. The predicted molar refractivity (Wildman–Crippen MR) is 526 cm³/mol. The number of aromatic amines is 1. The predicted octanol–water partition coefficient (Wildman–Crippen LogP) is -9.96. The van der Waals surface area contributed by atoms with Gasteiger partial charge in [-0.2, -0.15) is 11.8 Å². The molecule has 3 aromatic heterocycles. The number of urea groups is 1. The molecule has 0 spiro atoms. The molecule has 0 radical (unpaired) electrons. The second kappa shape index (κ2) is 63.1. The number of aromatic nitrogens is 8. The third-order valence-corrected chi connectivity index (χ3v) is 26.6. The highest BCUT2D eigenvalue weighted by Gasteiger charge is 2.44. The smallest absolute Gasteiger partial charge is 0.315 e. The standard InChI is InChI=1S/C90H145N33O24S/c1-50-76(132)115-73(51(2)125)87(143)113-66(46-124)85(141)108-59(78(134)101-42-71(129)105-65-40-55-45-122(120-118-55)29-9-6-17-58(75(93)131)106-86(142)68-22-13-31-123(68)72(130)43-102-79(135)64(39-53-41-98-49-103-53)112-82(138)60(18-5-8-26-91)109-83(139)63(111-84(65)140)24-25-70(92)128)19-7-10-30-121-44-54(117-119-121)37-52(77(133)107-62(21-12-28-100-89(96)97)81(137)110-61(80(136)104-50)20-11-27-99-88(94)95)38-57(127)47-147-36-35-146-34-33-145-32-14-16-56(126)15-3-4-23-69-74-67(48-148-69)114-90(144)116-74/h41,44-45,49-52,58-69,73-74,124-125H,3-40,42-43,46-48,91H2,1-2H3,(H2,92,128)(H2,93,131)(H,98,103)(H,101,134)(H,102,135)(H,104,136)(H,105,129)(H,106,142)(H,107,133)(H,108,141)(H,109,139)(H,110,137)(H,111,140)(H,112,138)(H,113,143)(H,115,132)(H4,94,95,99)(H4,96,97,100)(H2,114,116,144)/t50-,51?,52+,58-,59-,60-,61-,62-,63-,64-,65-,66-,67+,68-,69+,73-,74+/m0/s1. The van der Waals surface area contributed by atoms with Gasteiger partial charge in [0.25, 0.3) is 0 Å². The molecule has 17 atom stereocenters. The van der Waals surface area contributed by atoms with Crippen LogP contribution in [-0.2, 0) is 133 Å². The summed E-state index contributed by atoms with van der Waals surface area (Å²) < 4.78 is 19.7. The maximum absolute atomic E-state index is 15.0. The van der Waals surface area contributed by atoms with Gasteiger partial charge in [0, 0.05) is 114 Å². The molecular formula is C90H145N33O24S. The molecular weight excluding hydrogens is 1960 g/mol. The summed E-state index contributed by atoms with van der Waals surface area (Å²) in [7, 11) is 0. The van der Waals surface area contributed by atoms with E-state index in [9.17, 15) is 96.5 Å². The molecule has 0 aromatic carbocycles. The van der Waals surface area contributed by atoms with Crippen molar-refractivity contribution in [2.75, 3.05) is 91.3 Å². The Morgan fingerprint density at radius 3 is 1.73 bits per heavy atom. The number of imidazole rings is 1. The van der Waals surface area contributed by atoms with Crippen LogP contribution in [0, 0.1) is 16.7 Å². The fraction of sp³-hybridized carbons (Fsp3) is 0.689. The molecule has 5 aliphatic rings. The van der Waals surface area contributed by atoms with Crippen LogP contribution in [0.25, 0.3) is 0 Å². The zero-order valence-electron chi connectivity index (χ0n) is 83.3. The van der Waals surface area contributed by atoms with Crippen molar-refractivity contribution in [3.05, 3.63) is 42.0 Å². The minimum atomic E-state index is -1.97. The van der Waals surface area contributed by atoms with Crippen LogP contribution >= 0.6 is 11.8 Å². The number of aliphatic hydroxyl groups excluding tert-OH is 2. The van der Waals surface area contributed by atoms with Crippen LogP contribution in [-0.4, -0.2) is 366 Å². The summed E-state index contributed by atoms with van der Waals surface area (Å²) in [6.07, 6.45) is 6.07. The number of carbonyl (C=O) groups is 19. The zero-order valence-corrected chi connectivity index (χ0v) is 84.1. The lowest BCUT2D eigenvalue weighted by Crippen LogP contribution is -2.62. The highest BCUT2D eigenvalue weighted by Crippen LogP contribution is 2.33. The van der Waals surface area contributed by atoms with E-state index >= 15 is 4.79 Å². The van der Waals surface area contributed by atoms with Crippen molar-refractivity contribution in [3.63, 3.8) is 0 Å². The quantitative estimate of drug-likeness (QED) is 0.0108. The fourth-order valence-electron chi connectivity index (χ4n) is 17.0. The first-order valence-corrected chi connectivity index (χ1v) is 51.0. The molecule has 32 N–H and O–H groups in total. The van der Waals surface area contributed by atoms with Crippen molar-refractivity contribution in [1.29, 1.82) is 10.8 Å². The fourth-order valence-corrected chi connectivity index (χ4v) is 18.6. The van der Waals surface area contributed by atoms with Crippen molar-refractivity contribution in [2.45, 2.75) is 296 Å². The lowest BCUT2D eigenvalue weighted by molar-refractivity contribution is -0.140. The Balaban J connectivity index is 1.01. The molecule has 0 aliphatic carbocycles. The minimum absolute atomic E-state index is 0.000497. The number of aliphatic hydroxyl groups is 2. The number of hydrogen-bond acceptors (Lipinski definition) is 33. The number of hydrogen-bond donors (Lipinski definition) is 27. The number of aryl methyl sites for hydroxylation is 2. The Morgan fingerprint density at radius 2 is 1.11 bits per heavy atom. The third-order valence-electron chi connectivity index (χ3n) is 25.0. The molecule has 8 rings (SSSR count). The third kappa shape index (κ3) is 41.9. The van der Waals surface area contributed by atoms with E-state index in [0.717, 1.165) is 31.9 Å². The van der Waals surface area contributed by atoms with Gasteiger partial charge in [0.05, 0.1) is 93.6 Å². The number of fused-ring (bicyclic) bond motifs is 6. The van der Waals surface area contributed by atoms with Gasteiger partial charge in [0.2, 0.25) is 94.5 Å². The van der Waals surface area contributed by atoms with Gasteiger partial charge < -0.3 is 153 Å². The van der Waals surface area contributed by atoms with E-state index < -0.39 is 249 Å². The van der Waals surface area contributed by atoms with Crippen LogP contribution in [0.4, 0.5) is 4.79 Å². The molecule has 148 heavy (non-hydrogen) atoms. The van der Waals surface area contributed by atoms with Crippen molar-refractivity contribution in [3.8, 4) is 0 Å². The van der Waals surface area contributed by atoms with Crippen molar-refractivity contribution >= 4 is 136 Å². The Kier molecular flexibility index (Phi) is 50.9. The van der Waals surface area contributed by atoms with Gasteiger partial charge in [-0.05, 0) is 142 Å². The second-order valence-corrected chi connectivity index (χ2v) is 38.2. The molecule has 8 heterocycles. The molecule has 3 fully saturated rings. The first-order valence-electron chi connectivity index (χ1n) is 50.0. The first-order chi connectivity index (χ1) is 70.8.